The second-order valence-electron chi connectivity index (χ2n) is 5.47. The zero-order chi connectivity index (χ0) is 18.2. The van der Waals surface area contributed by atoms with E-state index in [1.807, 2.05) is 84.9 Å². The maximum absolute atomic E-state index is 5.33. The summed E-state index contributed by atoms with van der Waals surface area (Å²) in [5.41, 5.74) is 3.68. The predicted molar refractivity (Wildman–Crippen MR) is 119 cm³/mol. The van der Waals surface area contributed by atoms with Crippen LogP contribution in [0, 0.1) is 0 Å². The topological polar surface area (TPSA) is 48.1 Å². The van der Waals surface area contributed by atoms with E-state index in [1.165, 1.54) is 0 Å². The lowest BCUT2D eigenvalue weighted by Gasteiger charge is -2.13. The number of rotatable bonds is 4. The van der Waals surface area contributed by atoms with Crippen LogP contribution in [0.5, 0.6) is 0 Å². The smallest absolute Gasteiger partial charge is 0.175 e. The summed E-state index contributed by atoms with van der Waals surface area (Å²) in [5, 5.41) is 13.7. The van der Waals surface area contributed by atoms with Gasteiger partial charge in [0.05, 0.1) is 0 Å². The minimum atomic E-state index is 0.540. The number of benzene rings is 3. The lowest BCUT2D eigenvalue weighted by molar-refractivity contribution is 1.57. The van der Waals surface area contributed by atoms with Crippen LogP contribution in [0.4, 0.5) is 22.7 Å². The number of anilines is 4. The molecule has 0 aliphatic rings. The van der Waals surface area contributed by atoms with Gasteiger partial charge in [-0.1, -0.05) is 36.4 Å². The van der Waals surface area contributed by atoms with Crippen molar-refractivity contribution >= 4 is 57.4 Å². The molecule has 0 heterocycles. The number of nitrogens with one attached hydrogen (secondary N) is 4. The fourth-order valence-corrected chi connectivity index (χ4v) is 2.74. The molecule has 6 heteroatoms. The van der Waals surface area contributed by atoms with Gasteiger partial charge in [0.15, 0.2) is 10.2 Å². The van der Waals surface area contributed by atoms with Crippen molar-refractivity contribution in [2.24, 2.45) is 0 Å². The normalized spacial score (nSPS) is 9.85. The van der Waals surface area contributed by atoms with Gasteiger partial charge in [0, 0.05) is 22.7 Å². The van der Waals surface area contributed by atoms with E-state index in [2.05, 4.69) is 21.3 Å². The molecule has 3 rings (SSSR count). The van der Waals surface area contributed by atoms with Crippen LogP contribution in [-0.2, 0) is 0 Å². The molecule has 0 atom stereocenters. The van der Waals surface area contributed by atoms with Gasteiger partial charge in [-0.25, -0.2) is 0 Å². The number of hydrogen-bond donors (Lipinski definition) is 4. The Balaban J connectivity index is 1.51. The SMILES string of the molecule is S=C(Nc1ccccc1)Nc1ccc(NC(=S)Nc2ccccc2)cc1. The number of hydrogen-bond acceptors (Lipinski definition) is 2. The fraction of sp³-hybridized carbons (Fsp3) is 0. The van der Waals surface area contributed by atoms with E-state index in [-0.39, 0.29) is 0 Å². The van der Waals surface area contributed by atoms with Crippen LogP contribution >= 0.6 is 24.4 Å². The molecule has 26 heavy (non-hydrogen) atoms. The molecule has 0 radical (unpaired) electrons. The maximum Gasteiger partial charge on any atom is 0.175 e. The second kappa shape index (κ2) is 8.94. The summed E-state index contributed by atoms with van der Waals surface area (Å²) in [6.45, 7) is 0. The van der Waals surface area contributed by atoms with Crippen molar-refractivity contribution in [1.29, 1.82) is 0 Å². The van der Waals surface area contributed by atoms with Gasteiger partial charge in [0.1, 0.15) is 0 Å². The van der Waals surface area contributed by atoms with Gasteiger partial charge >= 0.3 is 0 Å². The molecule has 0 aliphatic carbocycles. The zero-order valence-corrected chi connectivity index (χ0v) is 15.5. The van der Waals surface area contributed by atoms with E-state index in [0.717, 1.165) is 22.7 Å². The van der Waals surface area contributed by atoms with E-state index >= 15 is 0 Å². The summed E-state index contributed by atoms with van der Waals surface area (Å²) in [5.74, 6) is 0. The van der Waals surface area contributed by atoms with Gasteiger partial charge in [-0.05, 0) is 73.0 Å². The Morgan fingerprint density at radius 3 is 1.00 bits per heavy atom. The lowest BCUT2D eigenvalue weighted by Crippen LogP contribution is -2.20. The molecule has 4 nitrogen and oxygen atoms in total. The van der Waals surface area contributed by atoms with Crippen LogP contribution in [0.15, 0.2) is 84.9 Å². The highest BCUT2D eigenvalue weighted by Crippen LogP contribution is 2.15. The first kappa shape index (κ1) is 17.8. The Labute approximate surface area is 163 Å². The highest BCUT2D eigenvalue weighted by molar-refractivity contribution is 7.81. The minimum absolute atomic E-state index is 0.540. The van der Waals surface area contributed by atoms with E-state index < -0.39 is 0 Å². The number of para-hydroxylation sites is 2. The van der Waals surface area contributed by atoms with Crippen LogP contribution in [0.2, 0.25) is 0 Å². The molecule has 3 aromatic rings. The molecule has 3 aromatic carbocycles. The fourth-order valence-electron chi connectivity index (χ4n) is 2.27. The van der Waals surface area contributed by atoms with Crippen molar-refractivity contribution in [3.05, 3.63) is 84.9 Å². The molecule has 0 unspecified atom stereocenters. The van der Waals surface area contributed by atoms with Crippen LogP contribution in [0.1, 0.15) is 0 Å². The first-order chi connectivity index (χ1) is 12.7. The summed E-state index contributed by atoms with van der Waals surface area (Å²) in [6.07, 6.45) is 0. The largest absolute Gasteiger partial charge is 0.332 e. The standard InChI is InChI=1S/C20H18N4S2/c25-19(21-15-7-3-1-4-8-15)23-17-11-13-18(14-12-17)24-20(26)22-16-9-5-2-6-10-16/h1-14H,(H2,21,23,25)(H2,22,24,26). The average Bonchev–Trinajstić information content (AvgIpc) is 2.65. The van der Waals surface area contributed by atoms with Gasteiger partial charge in [0.25, 0.3) is 0 Å². The maximum atomic E-state index is 5.33. The average molecular weight is 379 g/mol. The molecule has 0 saturated carbocycles. The molecule has 4 N–H and O–H groups in total. The molecule has 0 spiro atoms. The van der Waals surface area contributed by atoms with E-state index in [4.69, 9.17) is 24.4 Å². The Hall–Kier alpha value is -2.96. The van der Waals surface area contributed by atoms with Gasteiger partial charge in [-0.3, -0.25) is 0 Å². The Morgan fingerprint density at radius 2 is 0.692 bits per heavy atom. The highest BCUT2D eigenvalue weighted by Gasteiger charge is 2.01. The van der Waals surface area contributed by atoms with E-state index in [0.29, 0.717) is 10.2 Å². The van der Waals surface area contributed by atoms with Crippen LogP contribution in [-0.4, -0.2) is 10.2 Å². The minimum Gasteiger partial charge on any atom is -0.332 e. The van der Waals surface area contributed by atoms with Crippen molar-refractivity contribution in [1.82, 2.24) is 0 Å². The summed E-state index contributed by atoms with van der Waals surface area (Å²) in [4.78, 5) is 0. The molecule has 0 saturated heterocycles. The third-order valence-corrected chi connectivity index (χ3v) is 3.87. The first-order valence-electron chi connectivity index (χ1n) is 8.05. The quantitative estimate of drug-likeness (QED) is 0.462. The van der Waals surface area contributed by atoms with Crippen molar-refractivity contribution in [2.75, 3.05) is 21.3 Å². The number of thiocarbonyl (C=S) groups is 2. The van der Waals surface area contributed by atoms with E-state index in [9.17, 15) is 0 Å². The van der Waals surface area contributed by atoms with Crippen molar-refractivity contribution in [2.45, 2.75) is 0 Å². The molecule has 130 valence electrons. The molecule has 0 fully saturated rings. The van der Waals surface area contributed by atoms with Crippen molar-refractivity contribution < 1.29 is 0 Å². The van der Waals surface area contributed by atoms with Crippen molar-refractivity contribution in [3.8, 4) is 0 Å². The Kier molecular flexibility index (Phi) is 6.14. The molecule has 0 amide bonds. The molecule has 0 aliphatic heterocycles. The molecular weight excluding hydrogens is 360 g/mol. The summed E-state index contributed by atoms with van der Waals surface area (Å²) < 4.78 is 0. The van der Waals surface area contributed by atoms with Crippen LogP contribution < -0.4 is 21.3 Å². The second-order valence-corrected chi connectivity index (χ2v) is 6.28. The van der Waals surface area contributed by atoms with Crippen LogP contribution in [0.25, 0.3) is 0 Å². The van der Waals surface area contributed by atoms with Gasteiger partial charge < -0.3 is 21.3 Å². The molecular formula is C20H18N4S2. The molecule has 0 aromatic heterocycles. The summed E-state index contributed by atoms with van der Waals surface area (Å²) in [6, 6.07) is 27.3. The third kappa shape index (κ3) is 5.54. The van der Waals surface area contributed by atoms with Gasteiger partial charge in [0.2, 0.25) is 0 Å². The predicted octanol–water partition coefficient (Wildman–Crippen LogP) is 5.30. The lowest BCUT2D eigenvalue weighted by atomic mass is 10.3. The third-order valence-electron chi connectivity index (χ3n) is 3.46. The summed E-state index contributed by atoms with van der Waals surface area (Å²) in [7, 11) is 0. The Bertz CT molecular complexity index is 791. The highest BCUT2D eigenvalue weighted by atomic mass is 32.1. The summed E-state index contributed by atoms with van der Waals surface area (Å²) >= 11 is 10.7. The van der Waals surface area contributed by atoms with Crippen molar-refractivity contribution in [3.63, 3.8) is 0 Å². The first-order valence-corrected chi connectivity index (χ1v) is 8.87. The van der Waals surface area contributed by atoms with Gasteiger partial charge in [-0.2, -0.15) is 0 Å². The molecule has 0 bridgehead atoms. The van der Waals surface area contributed by atoms with Crippen LogP contribution in [0.3, 0.4) is 0 Å². The Morgan fingerprint density at radius 1 is 0.423 bits per heavy atom. The van der Waals surface area contributed by atoms with E-state index in [1.54, 1.807) is 0 Å². The monoisotopic (exact) mass is 378 g/mol. The zero-order valence-electron chi connectivity index (χ0n) is 13.9. The van der Waals surface area contributed by atoms with Gasteiger partial charge in [-0.15, -0.1) is 0 Å².